The predicted octanol–water partition coefficient (Wildman–Crippen LogP) is 2.10. The van der Waals surface area contributed by atoms with E-state index < -0.39 is 0 Å². The van der Waals surface area contributed by atoms with Crippen molar-refractivity contribution in [3.63, 3.8) is 0 Å². The van der Waals surface area contributed by atoms with E-state index in [4.69, 9.17) is 19.9 Å². The first-order chi connectivity index (χ1) is 9.05. The lowest BCUT2D eigenvalue weighted by Crippen LogP contribution is -2.56. The Morgan fingerprint density at radius 2 is 2.05 bits per heavy atom. The van der Waals surface area contributed by atoms with Crippen LogP contribution < -0.4 is 5.73 Å². The molecule has 4 heteroatoms. The Morgan fingerprint density at radius 3 is 2.63 bits per heavy atom. The fourth-order valence-electron chi connectivity index (χ4n) is 3.48. The van der Waals surface area contributed by atoms with Crippen LogP contribution in [0, 0.1) is 5.92 Å². The number of ether oxygens (including phenoxy) is 3. The standard InChI is InChI=1S/C15H29NO3/c1-4-14(2,17-3)13(16)12-5-8-19-15(11-12)6-9-18-10-7-15/h12-13H,4-11,16H2,1-3H3. The zero-order valence-corrected chi connectivity index (χ0v) is 12.6. The van der Waals surface area contributed by atoms with Gasteiger partial charge in [-0.05, 0) is 44.9 Å². The summed E-state index contributed by atoms with van der Waals surface area (Å²) in [5, 5.41) is 0. The molecule has 2 saturated heterocycles. The minimum absolute atomic E-state index is 0.0151. The Hall–Kier alpha value is -0.160. The van der Waals surface area contributed by atoms with Crippen LogP contribution in [0.3, 0.4) is 0 Å². The molecule has 1 spiro atoms. The van der Waals surface area contributed by atoms with Gasteiger partial charge >= 0.3 is 0 Å². The van der Waals surface area contributed by atoms with Gasteiger partial charge in [0, 0.05) is 33.0 Å². The van der Waals surface area contributed by atoms with Gasteiger partial charge < -0.3 is 19.9 Å². The second-order valence-electron chi connectivity index (χ2n) is 6.29. The van der Waals surface area contributed by atoms with Crippen molar-refractivity contribution in [3.05, 3.63) is 0 Å². The monoisotopic (exact) mass is 271 g/mol. The summed E-state index contributed by atoms with van der Waals surface area (Å²) in [6, 6.07) is 0.0751. The maximum atomic E-state index is 6.53. The summed E-state index contributed by atoms with van der Waals surface area (Å²) in [6.07, 6.45) is 5.05. The SMILES string of the molecule is CCC(C)(OC)C(N)C1CCOC2(CCOCC2)C1. The fourth-order valence-corrected chi connectivity index (χ4v) is 3.48. The minimum Gasteiger partial charge on any atom is -0.381 e. The smallest absolute Gasteiger partial charge is 0.0801 e. The molecule has 19 heavy (non-hydrogen) atoms. The zero-order valence-electron chi connectivity index (χ0n) is 12.6. The third kappa shape index (κ3) is 3.13. The molecule has 0 bridgehead atoms. The van der Waals surface area contributed by atoms with Crippen molar-refractivity contribution in [1.82, 2.24) is 0 Å². The summed E-state index contributed by atoms with van der Waals surface area (Å²) in [7, 11) is 1.77. The van der Waals surface area contributed by atoms with Gasteiger partial charge in [-0.1, -0.05) is 6.92 Å². The quantitative estimate of drug-likeness (QED) is 0.851. The van der Waals surface area contributed by atoms with Gasteiger partial charge in [0.1, 0.15) is 0 Å². The van der Waals surface area contributed by atoms with E-state index in [1.807, 2.05) is 0 Å². The van der Waals surface area contributed by atoms with Crippen molar-refractivity contribution in [2.24, 2.45) is 11.7 Å². The summed E-state index contributed by atoms with van der Waals surface area (Å²) < 4.78 is 17.2. The Morgan fingerprint density at radius 1 is 1.37 bits per heavy atom. The number of nitrogens with two attached hydrogens (primary N) is 1. The highest BCUT2D eigenvalue weighted by atomic mass is 16.5. The Balaban J connectivity index is 2.04. The summed E-state index contributed by atoms with van der Waals surface area (Å²) in [4.78, 5) is 0. The van der Waals surface area contributed by atoms with E-state index in [9.17, 15) is 0 Å². The molecular weight excluding hydrogens is 242 g/mol. The lowest BCUT2D eigenvalue weighted by molar-refractivity contribution is -0.158. The van der Waals surface area contributed by atoms with Crippen LogP contribution in [0.4, 0.5) is 0 Å². The Labute approximate surface area is 117 Å². The van der Waals surface area contributed by atoms with Crippen molar-refractivity contribution in [2.75, 3.05) is 26.9 Å². The maximum Gasteiger partial charge on any atom is 0.0801 e. The van der Waals surface area contributed by atoms with Gasteiger partial charge in [0.15, 0.2) is 0 Å². The van der Waals surface area contributed by atoms with Gasteiger partial charge in [0.2, 0.25) is 0 Å². The molecule has 2 fully saturated rings. The molecule has 0 saturated carbocycles. The van der Waals surface area contributed by atoms with Crippen LogP contribution in [0.2, 0.25) is 0 Å². The van der Waals surface area contributed by atoms with Crippen LogP contribution in [-0.4, -0.2) is 44.2 Å². The van der Waals surface area contributed by atoms with Crippen LogP contribution in [0.1, 0.15) is 46.0 Å². The molecule has 3 atom stereocenters. The molecule has 0 aliphatic carbocycles. The molecule has 0 aromatic carbocycles. The third-order valence-electron chi connectivity index (χ3n) is 5.32. The Kier molecular flexibility index (Phi) is 4.88. The van der Waals surface area contributed by atoms with Gasteiger partial charge in [-0.25, -0.2) is 0 Å². The van der Waals surface area contributed by atoms with E-state index in [0.717, 1.165) is 51.9 Å². The summed E-state index contributed by atoms with van der Waals surface area (Å²) >= 11 is 0. The number of hydrogen-bond acceptors (Lipinski definition) is 4. The molecule has 0 aromatic rings. The van der Waals surface area contributed by atoms with Crippen LogP contribution in [0.5, 0.6) is 0 Å². The third-order valence-corrected chi connectivity index (χ3v) is 5.32. The highest BCUT2D eigenvalue weighted by Gasteiger charge is 2.44. The van der Waals surface area contributed by atoms with E-state index in [-0.39, 0.29) is 17.2 Å². The van der Waals surface area contributed by atoms with Crippen molar-refractivity contribution in [2.45, 2.75) is 63.2 Å². The van der Waals surface area contributed by atoms with Crippen LogP contribution in [0.15, 0.2) is 0 Å². The fraction of sp³-hybridized carbons (Fsp3) is 1.00. The van der Waals surface area contributed by atoms with Crippen molar-refractivity contribution in [3.8, 4) is 0 Å². The van der Waals surface area contributed by atoms with E-state index in [0.29, 0.717) is 5.92 Å². The number of methoxy groups -OCH3 is 1. The molecular formula is C15H29NO3. The molecule has 0 aromatic heterocycles. The zero-order chi connectivity index (χ0) is 13.9. The van der Waals surface area contributed by atoms with Gasteiger partial charge in [0.05, 0.1) is 11.2 Å². The second kappa shape index (κ2) is 6.08. The maximum absolute atomic E-state index is 6.53. The van der Waals surface area contributed by atoms with Crippen LogP contribution >= 0.6 is 0 Å². The van der Waals surface area contributed by atoms with E-state index in [2.05, 4.69) is 13.8 Å². The first kappa shape index (κ1) is 15.2. The molecule has 2 aliphatic heterocycles. The lowest BCUT2D eigenvalue weighted by Gasteiger charge is -2.47. The largest absolute Gasteiger partial charge is 0.381 e. The molecule has 2 heterocycles. The van der Waals surface area contributed by atoms with Gasteiger partial charge in [-0.3, -0.25) is 0 Å². The molecule has 4 nitrogen and oxygen atoms in total. The lowest BCUT2D eigenvalue weighted by atomic mass is 9.73. The van der Waals surface area contributed by atoms with Crippen molar-refractivity contribution >= 4 is 0 Å². The average Bonchev–Trinajstić information content (AvgIpc) is 2.46. The predicted molar refractivity (Wildman–Crippen MR) is 75.1 cm³/mol. The van der Waals surface area contributed by atoms with Crippen molar-refractivity contribution < 1.29 is 14.2 Å². The number of rotatable bonds is 4. The normalized spacial score (nSPS) is 31.9. The highest BCUT2D eigenvalue weighted by molar-refractivity contribution is 4.97. The summed E-state index contributed by atoms with van der Waals surface area (Å²) in [5.41, 5.74) is 6.31. The molecule has 0 amide bonds. The van der Waals surface area contributed by atoms with Gasteiger partial charge in [-0.15, -0.1) is 0 Å². The molecule has 2 aliphatic rings. The topological polar surface area (TPSA) is 53.7 Å². The van der Waals surface area contributed by atoms with Gasteiger partial charge in [-0.2, -0.15) is 0 Å². The minimum atomic E-state index is -0.228. The molecule has 2 rings (SSSR count). The molecule has 3 unspecified atom stereocenters. The van der Waals surface area contributed by atoms with Gasteiger partial charge in [0.25, 0.3) is 0 Å². The highest BCUT2D eigenvalue weighted by Crippen LogP contribution is 2.40. The Bertz CT molecular complexity index is 280. The molecule has 112 valence electrons. The number of hydrogen-bond donors (Lipinski definition) is 1. The van der Waals surface area contributed by atoms with Crippen molar-refractivity contribution in [1.29, 1.82) is 0 Å². The molecule has 2 N–H and O–H groups in total. The average molecular weight is 271 g/mol. The summed E-state index contributed by atoms with van der Waals surface area (Å²) in [5.74, 6) is 0.483. The van der Waals surface area contributed by atoms with E-state index in [1.165, 1.54) is 0 Å². The molecule has 0 radical (unpaired) electrons. The first-order valence-electron chi connectivity index (χ1n) is 7.58. The second-order valence-corrected chi connectivity index (χ2v) is 6.29. The summed E-state index contributed by atoms with van der Waals surface area (Å²) in [6.45, 7) is 6.73. The van der Waals surface area contributed by atoms with Crippen LogP contribution in [-0.2, 0) is 14.2 Å². The van der Waals surface area contributed by atoms with Crippen LogP contribution in [0.25, 0.3) is 0 Å². The van der Waals surface area contributed by atoms with E-state index in [1.54, 1.807) is 7.11 Å². The first-order valence-corrected chi connectivity index (χ1v) is 7.58. The van der Waals surface area contributed by atoms with E-state index >= 15 is 0 Å².